The van der Waals surface area contributed by atoms with E-state index < -0.39 is 15.8 Å². The maximum atomic E-state index is 13.7. The highest BCUT2D eigenvalue weighted by molar-refractivity contribution is 7.89. The van der Waals surface area contributed by atoms with Crippen molar-refractivity contribution >= 4 is 32.5 Å². The van der Waals surface area contributed by atoms with Crippen molar-refractivity contribution in [1.29, 1.82) is 0 Å². The number of hydrogen-bond acceptors (Lipinski definition) is 3. The molecule has 0 aliphatic carbocycles. The number of aromatic nitrogens is 1. The first-order chi connectivity index (χ1) is 12.8. The first-order valence-electron chi connectivity index (χ1n) is 8.51. The Hall–Kier alpha value is -2.09. The van der Waals surface area contributed by atoms with Crippen LogP contribution in [0, 0.1) is 12.7 Å². The Morgan fingerprint density at radius 1 is 1.26 bits per heavy atom. The molecule has 0 spiro atoms. The Kier molecular flexibility index (Phi) is 5.74. The van der Waals surface area contributed by atoms with E-state index in [4.69, 9.17) is 16.3 Å². The number of para-hydroxylation sites is 1. The minimum atomic E-state index is -3.78. The molecule has 2 aromatic carbocycles. The van der Waals surface area contributed by atoms with Crippen molar-refractivity contribution < 1.29 is 17.5 Å². The Morgan fingerprint density at radius 3 is 2.78 bits per heavy atom. The highest BCUT2D eigenvalue weighted by atomic mass is 35.5. The van der Waals surface area contributed by atoms with Gasteiger partial charge in [-0.1, -0.05) is 23.7 Å². The standard InChI is InChI=1S/C19H20ClFN2O3S/c1-3-26-18-11-13(7-8-17(18)21)27(24,25)22-10-9-14-12(2)23-19-15(14)5-4-6-16(19)20/h4-8,11,22-23H,3,9-10H2,1-2H3. The lowest BCUT2D eigenvalue weighted by atomic mass is 10.1. The van der Waals surface area contributed by atoms with Crippen LogP contribution in [0.5, 0.6) is 5.75 Å². The van der Waals surface area contributed by atoms with Crippen LogP contribution in [0.25, 0.3) is 10.9 Å². The SMILES string of the molecule is CCOc1cc(S(=O)(=O)NCCc2c(C)[nH]c3c(Cl)cccc23)ccc1F. The summed E-state index contributed by atoms with van der Waals surface area (Å²) in [5, 5.41) is 1.59. The van der Waals surface area contributed by atoms with Gasteiger partial charge in [-0.3, -0.25) is 0 Å². The first-order valence-corrected chi connectivity index (χ1v) is 10.4. The number of benzene rings is 2. The third-order valence-electron chi connectivity index (χ3n) is 4.28. The molecule has 0 aliphatic heterocycles. The molecule has 0 fully saturated rings. The summed E-state index contributed by atoms with van der Waals surface area (Å²) in [5.74, 6) is -0.676. The smallest absolute Gasteiger partial charge is 0.240 e. The number of fused-ring (bicyclic) bond motifs is 1. The molecule has 5 nitrogen and oxygen atoms in total. The lowest BCUT2D eigenvalue weighted by Gasteiger charge is -2.10. The molecule has 144 valence electrons. The minimum Gasteiger partial charge on any atom is -0.491 e. The summed E-state index contributed by atoms with van der Waals surface area (Å²) >= 11 is 6.20. The van der Waals surface area contributed by atoms with E-state index in [0.717, 1.165) is 28.2 Å². The summed E-state index contributed by atoms with van der Waals surface area (Å²) in [5.41, 5.74) is 2.79. The normalized spacial score (nSPS) is 11.9. The fourth-order valence-corrected chi connectivity index (χ4v) is 4.27. The van der Waals surface area contributed by atoms with E-state index in [1.807, 2.05) is 19.1 Å². The number of H-pyrrole nitrogens is 1. The van der Waals surface area contributed by atoms with Gasteiger partial charge in [-0.2, -0.15) is 0 Å². The van der Waals surface area contributed by atoms with Crippen LogP contribution >= 0.6 is 11.6 Å². The van der Waals surface area contributed by atoms with E-state index in [0.29, 0.717) is 11.4 Å². The van der Waals surface area contributed by atoms with Crippen molar-refractivity contribution in [2.24, 2.45) is 0 Å². The molecule has 0 unspecified atom stereocenters. The zero-order chi connectivity index (χ0) is 19.6. The Labute approximate surface area is 162 Å². The molecule has 8 heteroatoms. The van der Waals surface area contributed by atoms with Crippen molar-refractivity contribution in [1.82, 2.24) is 9.71 Å². The van der Waals surface area contributed by atoms with Crippen molar-refractivity contribution in [3.8, 4) is 5.75 Å². The zero-order valence-corrected chi connectivity index (χ0v) is 16.5. The van der Waals surface area contributed by atoms with Gasteiger partial charge in [0.1, 0.15) is 0 Å². The average Bonchev–Trinajstić information content (AvgIpc) is 2.94. The van der Waals surface area contributed by atoms with Gasteiger partial charge in [0, 0.05) is 23.7 Å². The largest absolute Gasteiger partial charge is 0.491 e. The molecule has 27 heavy (non-hydrogen) atoms. The van der Waals surface area contributed by atoms with Gasteiger partial charge in [0.25, 0.3) is 0 Å². The first kappa shape index (κ1) is 19.7. The quantitative estimate of drug-likeness (QED) is 0.613. The van der Waals surface area contributed by atoms with E-state index in [1.165, 1.54) is 12.1 Å². The number of hydrogen-bond donors (Lipinski definition) is 2. The Bertz CT molecular complexity index is 1080. The average molecular weight is 411 g/mol. The van der Waals surface area contributed by atoms with E-state index in [9.17, 15) is 12.8 Å². The van der Waals surface area contributed by atoms with Crippen molar-refractivity contribution in [2.45, 2.75) is 25.2 Å². The fraction of sp³-hybridized carbons (Fsp3) is 0.263. The van der Waals surface area contributed by atoms with Crippen LogP contribution in [0.3, 0.4) is 0 Å². The molecule has 0 saturated carbocycles. The second kappa shape index (κ2) is 7.88. The van der Waals surface area contributed by atoms with Crippen molar-refractivity contribution in [3.63, 3.8) is 0 Å². The summed E-state index contributed by atoms with van der Waals surface area (Å²) in [6, 6.07) is 9.11. The predicted molar refractivity (Wildman–Crippen MR) is 105 cm³/mol. The summed E-state index contributed by atoms with van der Waals surface area (Å²) < 4.78 is 46.4. The number of aryl methyl sites for hydroxylation is 1. The molecule has 2 N–H and O–H groups in total. The summed E-state index contributed by atoms with van der Waals surface area (Å²) in [6.07, 6.45) is 0.491. The monoisotopic (exact) mass is 410 g/mol. The zero-order valence-electron chi connectivity index (χ0n) is 15.0. The molecular formula is C19H20ClFN2O3S. The van der Waals surface area contributed by atoms with Crippen LogP contribution in [0.2, 0.25) is 5.02 Å². The van der Waals surface area contributed by atoms with Gasteiger partial charge in [-0.25, -0.2) is 17.5 Å². The maximum absolute atomic E-state index is 13.7. The van der Waals surface area contributed by atoms with Crippen molar-refractivity contribution in [3.05, 3.63) is 58.5 Å². The minimum absolute atomic E-state index is 0.0361. The number of ether oxygens (including phenoxy) is 1. The van der Waals surface area contributed by atoms with Gasteiger partial charge in [0.05, 0.1) is 22.0 Å². The second-order valence-corrected chi connectivity index (χ2v) is 8.24. The topological polar surface area (TPSA) is 71.2 Å². The summed E-state index contributed by atoms with van der Waals surface area (Å²) in [7, 11) is -3.78. The molecule has 3 aromatic rings. The second-order valence-electron chi connectivity index (χ2n) is 6.06. The third-order valence-corrected chi connectivity index (χ3v) is 6.06. The molecule has 0 saturated heterocycles. The third kappa shape index (κ3) is 4.10. The molecule has 0 bridgehead atoms. The van der Waals surface area contributed by atoms with E-state index in [1.54, 1.807) is 13.0 Å². The van der Waals surface area contributed by atoms with Crippen molar-refractivity contribution in [2.75, 3.05) is 13.2 Å². The number of halogens is 2. The highest BCUT2D eigenvalue weighted by Gasteiger charge is 2.17. The highest BCUT2D eigenvalue weighted by Crippen LogP contribution is 2.28. The van der Waals surface area contributed by atoms with Gasteiger partial charge in [0.15, 0.2) is 11.6 Å². The summed E-state index contributed by atoms with van der Waals surface area (Å²) in [4.78, 5) is 3.20. The van der Waals surface area contributed by atoms with E-state index in [2.05, 4.69) is 9.71 Å². The van der Waals surface area contributed by atoms with E-state index in [-0.39, 0.29) is 23.8 Å². The number of nitrogens with one attached hydrogen (secondary N) is 2. The van der Waals surface area contributed by atoms with Crippen LogP contribution in [0.4, 0.5) is 4.39 Å². The van der Waals surface area contributed by atoms with E-state index >= 15 is 0 Å². The number of sulfonamides is 1. The number of rotatable bonds is 7. The summed E-state index contributed by atoms with van der Waals surface area (Å²) in [6.45, 7) is 4.07. The molecule has 0 aliphatic rings. The van der Waals surface area contributed by atoms with Gasteiger partial charge in [-0.05, 0) is 44.0 Å². The van der Waals surface area contributed by atoms with Crippen LogP contribution in [0.15, 0.2) is 41.3 Å². The lowest BCUT2D eigenvalue weighted by Crippen LogP contribution is -2.26. The Morgan fingerprint density at radius 2 is 2.04 bits per heavy atom. The molecular weight excluding hydrogens is 391 g/mol. The predicted octanol–water partition coefficient (Wildman–Crippen LogP) is 4.19. The van der Waals surface area contributed by atoms with Crippen LogP contribution in [-0.4, -0.2) is 26.6 Å². The number of aromatic amines is 1. The van der Waals surface area contributed by atoms with Gasteiger partial charge in [0.2, 0.25) is 10.0 Å². The fourth-order valence-electron chi connectivity index (χ4n) is 3.00. The molecule has 0 radical (unpaired) electrons. The molecule has 3 rings (SSSR count). The van der Waals surface area contributed by atoms with Crippen LogP contribution in [-0.2, 0) is 16.4 Å². The molecule has 1 aromatic heterocycles. The lowest BCUT2D eigenvalue weighted by molar-refractivity contribution is 0.320. The molecule has 0 atom stereocenters. The van der Waals surface area contributed by atoms with Crippen LogP contribution < -0.4 is 9.46 Å². The van der Waals surface area contributed by atoms with Gasteiger partial charge >= 0.3 is 0 Å². The molecule has 0 amide bonds. The van der Waals surface area contributed by atoms with Gasteiger partial charge < -0.3 is 9.72 Å². The van der Waals surface area contributed by atoms with Gasteiger partial charge in [-0.15, -0.1) is 0 Å². The Balaban J connectivity index is 1.76. The van der Waals surface area contributed by atoms with Crippen LogP contribution in [0.1, 0.15) is 18.2 Å². The maximum Gasteiger partial charge on any atom is 0.240 e. The molecule has 1 heterocycles.